The molecule has 4 heteroatoms. The number of fused-ring (bicyclic) bond motifs is 3. The summed E-state index contributed by atoms with van der Waals surface area (Å²) < 4.78 is 1.39. The van der Waals surface area contributed by atoms with Gasteiger partial charge in [0.05, 0.1) is 10.2 Å². The van der Waals surface area contributed by atoms with E-state index in [0.29, 0.717) is 5.41 Å². The molecule has 2 fully saturated rings. The average Bonchev–Trinajstić information content (AvgIpc) is 2.97. The molecule has 3 aliphatic carbocycles. The van der Waals surface area contributed by atoms with Gasteiger partial charge in [-0.15, -0.1) is 0 Å². The Morgan fingerprint density at radius 2 is 1.96 bits per heavy atom. The van der Waals surface area contributed by atoms with E-state index in [2.05, 4.69) is 22.9 Å². The van der Waals surface area contributed by atoms with Crippen molar-refractivity contribution in [3.63, 3.8) is 0 Å². The molecule has 124 valence electrons. The van der Waals surface area contributed by atoms with Gasteiger partial charge in [0.25, 0.3) is 0 Å². The first kappa shape index (κ1) is 15.4. The van der Waals surface area contributed by atoms with Crippen molar-refractivity contribution in [2.45, 2.75) is 56.8 Å². The molecule has 0 amide bonds. The van der Waals surface area contributed by atoms with Crippen molar-refractivity contribution in [1.29, 1.82) is 0 Å². The molecule has 2 aromatic rings. The van der Waals surface area contributed by atoms with Crippen LogP contribution in [0.15, 0.2) is 12.1 Å². The van der Waals surface area contributed by atoms with E-state index in [1.807, 2.05) is 0 Å². The largest absolute Gasteiger partial charge is 0.375 e. The van der Waals surface area contributed by atoms with Gasteiger partial charge in [0.2, 0.25) is 0 Å². The van der Waals surface area contributed by atoms with Crippen LogP contribution in [-0.4, -0.2) is 12.0 Å². The summed E-state index contributed by atoms with van der Waals surface area (Å²) in [4.78, 5) is 4.51. The molecule has 5 rings (SSSR count). The van der Waals surface area contributed by atoms with E-state index in [4.69, 9.17) is 5.73 Å². The van der Waals surface area contributed by atoms with E-state index in [1.165, 1.54) is 63.1 Å². The van der Waals surface area contributed by atoms with E-state index in [1.54, 1.807) is 22.5 Å². The summed E-state index contributed by atoms with van der Waals surface area (Å²) >= 11 is 1.71. The van der Waals surface area contributed by atoms with Crippen LogP contribution in [0.3, 0.4) is 0 Å². The minimum atomic E-state index is 0.502. The number of hydrogen-bond acceptors (Lipinski definition) is 4. The first-order valence-corrected chi connectivity index (χ1v) is 9.86. The second kappa shape index (κ2) is 5.75. The van der Waals surface area contributed by atoms with Gasteiger partial charge in [0, 0.05) is 0 Å². The fourth-order valence-corrected chi connectivity index (χ4v) is 6.74. The zero-order valence-corrected chi connectivity index (χ0v) is 14.8. The summed E-state index contributed by atoms with van der Waals surface area (Å²) in [5.41, 5.74) is 15.4. The van der Waals surface area contributed by atoms with Crippen molar-refractivity contribution in [3.8, 4) is 0 Å². The van der Waals surface area contributed by atoms with E-state index < -0.39 is 0 Å². The Labute approximate surface area is 142 Å². The molecular formula is C19H27N3S. The van der Waals surface area contributed by atoms with Crippen LogP contribution >= 0.6 is 11.3 Å². The molecule has 1 heterocycles. The lowest BCUT2D eigenvalue weighted by Crippen LogP contribution is -2.49. The third kappa shape index (κ3) is 2.14. The van der Waals surface area contributed by atoms with Crippen LogP contribution < -0.4 is 11.5 Å². The minimum Gasteiger partial charge on any atom is -0.375 e. The molecule has 23 heavy (non-hydrogen) atoms. The predicted octanol–water partition coefficient (Wildman–Crippen LogP) is 4.24. The molecule has 0 aliphatic heterocycles. The van der Waals surface area contributed by atoms with Crippen molar-refractivity contribution in [2.24, 2.45) is 17.6 Å². The number of thiazole rings is 1. The Morgan fingerprint density at radius 1 is 1.13 bits per heavy atom. The number of nitrogens with zero attached hydrogens (tertiary/aromatic N) is 1. The van der Waals surface area contributed by atoms with Crippen molar-refractivity contribution in [1.82, 2.24) is 4.98 Å². The van der Waals surface area contributed by atoms with Gasteiger partial charge in [-0.2, -0.15) is 0 Å². The number of aromatic nitrogens is 1. The van der Waals surface area contributed by atoms with E-state index in [-0.39, 0.29) is 0 Å². The minimum absolute atomic E-state index is 0.502. The Bertz CT molecular complexity index is 719. The molecule has 2 unspecified atom stereocenters. The van der Waals surface area contributed by atoms with Gasteiger partial charge in [0.15, 0.2) is 5.13 Å². The molecule has 3 atom stereocenters. The summed E-state index contributed by atoms with van der Waals surface area (Å²) in [6, 6.07) is 4.65. The maximum Gasteiger partial charge on any atom is 0.181 e. The molecule has 0 saturated heterocycles. The van der Waals surface area contributed by atoms with Crippen molar-refractivity contribution in [2.75, 3.05) is 12.8 Å². The zero-order valence-electron chi connectivity index (χ0n) is 14.0. The molecular weight excluding hydrogens is 302 g/mol. The highest BCUT2D eigenvalue weighted by molar-refractivity contribution is 7.22. The molecule has 2 bridgehead atoms. The molecule has 3 nitrogen and oxygen atoms in total. The number of nitrogen functional groups attached to an aromatic ring is 1. The van der Waals surface area contributed by atoms with Crippen LogP contribution in [-0.2, 0) is 11.8 Å². The summed E-state index contributed by atoms with van der Waals surface area (Å²) in [6.45, 7) is 0. The van der Waals surface area contributed by atoms with Crippen LogP contribution in [0.4, 0.5) is 5.13 Å². The van der Waals surface area contributed by atoms with Crippen LogP contribution in [0, 0.1) is 11.8 Å². The van der Waals surface area contributed by atoms with Crippen LogP contribution in [0.1, 0.15) is 56.1 Å². The van der Waals surface area contributed by atoms with Gasteiger partial charge in [-0.05, 0) is 73.6 Å². The summed E-state index contributed by atoms with van der Waals surface area (Å²) in [6.07, 6.45) is 11.3. The number of anilines is 1. The summed E-state index contributed by atoms with van der Waals surface area (Å²) in [5.74, 6) is 1.87. The fraction of sp³-hybridized carbons (Fsp3) is 0.632. The van der Waals surface area contributed by atoms with Gasteiger partial charge in [0.1, 0.15) is 0 Å². The third-order valence-corrected chi connectivity index (χ3v) is 7.50. The van der Waals surface area contributed by atoms with Gasteiger partial charge in [-0.1, -0.05) is 36.7 Å². The topological polar surface area (TPSA) is 64.9 Å². The van der Waals surface area contributed by atoms with Crippen molar-refractivity contribution >= 4 is 26.7 Å². The standard InChI is InChI=1S/C18H22N2S.CH5N/c19-17-20-15-7-6-14-12(16(15)21-17)10-11-4-3-9-18(14)8-2-1-5-13(11)18;1-2/h6-7,11,13H,1-5,8-10H2,(H2,19,20);2H2,1H3/t11-,13?,18?;/m1./s1. The monoisotopic (exact) mass is 329 g/mol. The Morgan fingerprint density at radius 3 is 2.83 bits per heavy atom. The second-order valence-electron chi connectivity index (χ2n) is 7.36. The maximum atomic E-state index is 5.98. The average molecular weight is 330 g/mol. The van der Waals surface area contributed by atoms with Crippen LogP contribution in [0.2, 0.25) is 0 Å². The molecule has 1 aromatic carbocycles. The zero-order chi connectivity index (χ0) is 16.0. The first-order chi connectivity index (χ1) is 11.3. The molecule has 0 spiro atoms. The molecule has 2 saturated carbocycles. The Hall–Kier alpha value is -1.13. The number of hydrogen-bond donors (Lipinski definition) is 2. The van der Waals surface area contributed by atoms with Crippen molar-refractivity contribution < 1.29 is 0 Å². The van der Waals surface area contributed by atoms with Gasteiger partial charge < -0.3 is 11.5 Å². The molecule has 1 aromatic heterocycles. The Balaban J connectivity index is 0.000000652. The molecule has 3 aliphatic rings. The second-order valence-corrected chi connectivity index (χ2v) is 8.39. The summed E-state index contributed by atoms with van der Waals surface area (Å²) in [5, 5.41) is 0.729. The smallest absolute Gasteiger partial charge is 0.181 e. The van der Waals surface area contributed by atoms with Gasteiger partial charge in [-0.25, -0.2) is 4.98 Å². The van der Waals surface area contributed by atoms with E-state index in [0.717, 1.165) is 22.5 Å². The van der Waals surface area contributed by atoms with Gasteiger partial charge >= 0.3 is 0 Å². The predicted molar refractivity (Wildman–Crippen MR) is 98.8 cm³/mol. The van der Waals surface area contributed by atoms with E-state index >= 15 is 0 Å². The Kier molecular flexibility index (Phi) is 3.85. The lowest BCUT2D eigenvalue weighted by atomic mass is 9.49. The van der Waals surface area contributed by atoms with Gasteiger partial charge in [-0.3, -0.25) is 0 Å². The van der Waals surface area contributed by atoms with E-state index in [9.17, 15) is 0 Å². The highest BCUT2D eigenvalue weighted by Gasteiger charge is 2.51. The number of rotatable bonds is 0. The van der Waals surface area contributed by atoms with Crippen LogP contribution in [0.5, 0.6) is 0 Å². The molecule has 4 N–H and O–H groups in total. The summed E-state index contributed by atoms with van der Waals surface area (Å²) in [7, 11) is 1.50. The highest BCUT2D eigenvalue weighted by atomic mass is 32.1. The third-order valence-electron chi connectivity index (χ3n) is 6.54. The first-order valence-electron chi connectivity index (χ1n) is 9.04. The van der Waals surface area contributed by atoms with Crippen LogP contribution in [0.25, 0.3) is 10.2 Å². The lowest BCUT2D eigenvalue weighted by Gasteiger charge is -2.55. The number of nitrogens with two attached hydrogens (primary N) is 2. The quantitative estimate of drug-likeness (QED) is 0.760. The number of benzene rings is 1. The highest BCUT2D eigenvalue weighted by Crippen LogP contribution is 2.59. The fourth-order valence-electron chi connectivity index (χ4n) is 5.85. The normalized spacial score (nSPS) is 31.7. The maximum absolute atomic E-state index is 5.98. The molecule has 0 radical (unpaired) electrons. The van der Waals surface area contributed by atoms with Crippen molar-refractivity contribution in [3.05, 3.63) is 23.3 Å². The SMILES string of the molecule is CN.Nc1nc2ccc3c(c2s1)C[C@H]1CCCC32CCCCC12. The lowest BCUT2D eigenvalue weighted by molar-refractivity contribution is 0.0528.